The van der Waals surface area contributed by atoms with E-state index in [1.54, 1.807) is 0 Å². The molecular formula is C18H16O. The number of benzene rings is 2. The molecule has 1 unspecified atom stereocenters. The first-order valence-electron chi connectivity index (χ1n) is 6.41. The molecule has 0 aromatic heterocycles. The Bertz CT molecular complexity index is 551. The first-order valence-corrected chi connectivity index (χ1v) is 6.41. The van der Waals surface area contributed by atoms with Crippen molar-refractivity contribution in [3.8, 4) is 12.3 Å². The van der Waals surface area contributed by atoms with Gasteiger partial charge in [0.15, 0.2) is 5.78 Å². The molecule has 0 bridgehead atoms. The topological polar surface area (TPSA) is 17.1 Å². The average molecular weight is 248 g/mol. The van der Waals surface area contributed by atoms with E-state index >= 15 is 0 Å². The van der Waals surface area contributed by atoms with Crippen molar-refractivity contribution in [2.45, 2.75) is 12.8 Å². The lowest BCUT2D eigenvalue weighted by atomic mass is 9.83. The van der Waals surface area contributed by atoms with E-state index in [0.717, 1.165) is 24.0 Å². The van der Waals surface area contributed by atoms with Gasteiger partial charge in [0, 0.05) is 5.56 Å². The van der Waals surface area contributed by atoms with Crippen LogP contribution < -0.4 is 0 Å². The number of ketones is 1. The van der Waals surface area contributed by atoms with Crippen molar-refractivity contribution in [1.82, 2.24) is 0 Å². The highest BCUT2D eigenvalue weighted by atomic mass is 16.1. The van der Waals surface area contributed by atoms with E-state index in [4.69, 9.17) is 6.42 Å². The molecule has 0 fully saturated rings. The molecule has 1 aliphatic carbocycles. The summed E-state index contributed by atoms with van der Waals surface area (Å²) in [5, 5.41) is 0. The second kappa shape index (κ2) is 6.56. The summed E-state index contributed by atoms with van der Waals surface area (Å²) in [6.45, 7) is 0. The maximum Gasteiger partial charge on any atom is 0.178 e. The number of rotatable bonds is 0. The van der Waals surface area contributed by atoms with E-state index in [9.17, 15) is 4.79 Å². The molecule has 0 aliphatic heterocycles. The number of carbonyl (C=O) groups is 1. The van der Waals surface area contributed by atoms with Crippen LogP contribution in [0.4, 0.5) is 0 Å². The molecule has 0 amide bonds. The number of carbonyl (C=O) groups excluding carboxylic acids is 1. The number of hydrogen-bond donors (Lipinski definition) is 0. The Hall–Kier alpha value is -2.33. The third kappa shape index (κ3) is 3.33. The smallest absolute Gasteiger partial charge is 0.178 e. The molecule has 0 saturated carbocycles. The Morgan fingerprint density at radius 2 is 1.53 bits per heavy atom. The van der Waals surface area contributed by atoms with Crippen molar-refractivity contribution in [2.75, 3.05) is 0 Å². The molecule has 3 rings (SSSR count). The lowest BCUT2D eigenvalue weighted by Crippen LogP contribution is -2.20. The largest absolute Gasteiger partial charge is 0.293 e. The van der Waals surface area contributed by atoms with Crippen molar-refractivity contribution in [2.24, 2.45) is 5.92 Å². The maximum absolute atomic E-state index is 11.7. The van der Waals surface area contributed by atoms with Gasteiger partial charge >= 0.3 is 0 Å². The number of hydrogen-bond acceptors (Lipinski definition) is 1. The minimum Gasteiger partial charge on any atom is -0.293 e. The highest BCUT2D eigenvalue weighted by Crippen LogP contribution is 2.24. The SMILES string of the molecule is C#CC1CCc2ccccc2C1=O.c1ccccc1. The second-order valence-electron chi connectivity index (χ2n) is 4.43. The molecule has 19 heavy (non-hydrogen) atoms. The number of terminal acetylenes is 1. The third-order valence-electron chi connectivity index (χ3n) is 3.17. The van der Waals surface area contributed by atoms with Crippen LogP contribution in [0.5, 0.6) is 0 Å². The molecule has 1 heteroatoms. The van der Waals surface area contributed by atoms with Crippen molar-refractivity contribution < 1.29 is 4.79 Å². The quantitative estimate of drug-likeness (QED) is 0.649. The van der Waals surface area contributed by atoms with Crippen LogP contribution in [0.1, 0.15) is 22.3 Å². The summed E-state index contributed by atoms with van der Waals surface area (Å²) < 4.78 is 0. The van der Waals surface area contributed by atoms with Gasteiger partial charge < -0.3 is 0 Å². The summed E-state index contributed by atoms with van der Waals surface area (Å²) >= 11 is 0. The van der Waals surface area contributed by atoms with E-state index in [-0.39, 0.29) is 11.7 Å². The van der Waals surface area contributed by atoms with Gasteiger partial charge in [-0.3, -0.25) is 4.79 Å². The molecule has 1 nitrogen and oxygen atoms in total. The monoisotopic (exact) mass is 248 g/mol. The van der Waals surface area contributed by atoms with Crippen LogP contribution in [0.15, 0.2) is 60.7 Å². The molecule has 1 aliphatic rings. The fourth-order valence-electron chi connectivity index (χ4n) is 2.14. The van der Waals surface area contributed by atoms with Crippen LogP contribution >= 0.6 is 0 Å². The van der Waals surface area contributed by atoms with Gasteiger partial charge in [-0.05, 0) is 18.4 Å². The maximum atomic E-state index is 11.7. The van der Waals surface area contributed by atoms with E-state index in [2.05, 4.69) is 5.92 Å². The van der Waals surface area contributed by atoms with Crippen LogP contribution in [0.2, 0.25) is 0 Å². The number of Topliss-reactive ketones (excluding diaryl/α,β-unsaturated/α-hetero) is 1. The van der Waals surface area contributed by atoms with Gasteiger partial charge in [0.2, 0.25) is 0 Å². The molecule has 2 aromatic carbocycles. The third-order valence-corrected chi connectivity index (χ3v) is 3.17. The first kappa shape index (κ1) is 13.1. The van der Waals surface area contributed by atoms with Gasteiger partial charge in [-0.15, -0.1) is 6.42 Å². The number of fused-ring (bicyclic) bond motifs is 1. The predicted molar refractivity (Wildman–Crippen MR) is 77.9 cm³/mol. The van der Waals surface area contributed by atoms with Crippen LogP contribution in [0.25, 0.3) is 0 Å². The molecule has 0 N–H and O–H groups in total. The molecule has 0 radical (unpaired) electrons. The van der Waals surface area contributed by atoms with Gasteiger partial charge in [-0.2, -0.15) is 0 Å². The Kier molecular flexibility index (Phi) is 4.53. The molecule has 94 valence electrons. The minimum absolute atomic E-state index is 0.115. The summed E-state index contributed by atoms with van der Waals surface area (Å²) in [4.78, 5) is 11.7. The molecule has 0 heterocycles. The van der Waals surface area contributed by atoms with Crippen LogP contribution in [-0.2, 0) is 6.42 Å². The van der Waals surface area contributed by atoms with Gasteiger partial charge in [-0.1, -0.05) is 66.6 Å². The van der Waals surface area contributed by atoms with E-state index < -0.39 is 0 Å². The van der Waals surface area contributed by atoms with Gasteiger partial charge in [0.25, 0.3) is 0 Å². The van der Waals surface area contributed by atoms with Gasteiger partial charge in [0.05, 0.1) is 5.92 Å². The molecule has 2 aromatic rings. The van der Waals surface area contributed by atoms with E-state index in [0.29, 0.717) is 0 Å². The molecule has 1 atom stereocenters. The lowest BCUT2D eigenvalue weighted by Gasteiger charge is -2.18. The highest BCUT2D eigenvalue weighted by molar-refractivity contribution is 6.01. The van der Waals surface area contributed by atoms with E-state index in [1.807, 2.05) is 60.7 Å². The fraction of sp³-hybridized carbons (Fsp3) is 0.167. The van der Waals surface area contributed by atoms with Crippen LogP contribution in [-0.4, -0.2) is 5.78 Å². The van der Waals surface area contributed by atoms with Crippen molar-refractivity contribution in [3.63, 3.8) is 0 Å². The van der Waals surface area contributed by atoms with E-state index in [1.165, 1.54) is 0 Å². The predicted octanol–water partition coefficient (Wildman–Crippen LogP) is 3.75. The zero-order chi connectivity index (χ0) is 13.5. The van der Waals surface area contributed by atoms with Gasteiger partial charge in [-0.25, -0.2) is 0 Å². The Morgan fingerprint density at radius 3 is 2.11 bits per heavy atom. The Labute approximate surface area is 114 Å². The summed E-state index contributed by atoms with van der Waals surface area (Å²) in [7, 11) is 0. The molecular weight excluding hydrogens is 232 g/mol. The number of aryl methyl sites for hydroxylation is 1. The summed E-state index contributed by atoms with van der Waals surface area (Å²) in [6.07, 6.45) is 7.01. The molecule has 0 spiro atoms. The molecule has 0 saturated heterocycles. The summed E-state index contributed by atoms with van der Waals surface area (Å²) in [6, 6.07) is 19.7. The van der Waals surface area contributed by atoms with Gasteiger partial charge in [0.1, 0.15) is 0 Å². The normalized spacial score (nSPS) is 16.6. The van der Waals surface area contributed by atoms with Crippen molar-refractivity contribution in [1.29, 1.82) is 0 Å². The van der Waals surface area contributed by atoms with Crippen LogP contribution in [0.3, 0.4) is 0 Å². The Morgan fingerprint density at radius 1 is 0.947 bits per heavy atom. The standard InChI is InChI=1S/C12H10O.C6H6/c1-2-9-7-8-10-5-3-4-6-11(10)12(9)13;1-2-4-6-5-3-1/h1,3-6,9H,7-8H2;1-6H. The summed E-state index contributed by atoms with van der Waals surface area (Å²) in [5.41, 5.74) is 1.95. The first-order chi connectivity index (χ1) is 9.33. The lowest BCUT2D eigenvalue weighted by molar-refractivity contribution is 0.0935. The van der Waals surface area contributed by atoms with Crippen molar-refractivity contribution in [3.05, 3.63) is 71.8 Å². The Balaban J connectivity index is 0.000000186. The fourth-order valence-corrected chi connectivity index (χ4v) is 2.14. The zero-order valence-electron chi connectivity index (χ0n) is 10.8. The minimum atomic E-state index is -0.199. The summed E-state index contributed by atoms with van der Waals surface area (Å²) in [5.74, 6) is 2.46. The van der Waals surface area contributed by atoms with Crippen molar-refractivity contribution >= 4 is 5.78 Å². The zero-order valence-corrected chi connectivity index (χ0v) is 10.8. The highest BCUT2D eigenvalue weighted by Gasteiger charge is 2.24. The second-order valence-corrected chi connectivity index (χ2v) is 4.43. The van der Waals surface area contributed by atoms with Crippen LogP contribution in [0, 0.1) is 18.3 Å². The average Bonchev–Trinajstić information content (AvgIpc) is 2.50.